The van der Waals surface area contributed by atoms with E-state index < -0.39 is 12.5 Å². The standard InChI is InChI=1S/C18H20F2N2O3/c1-11-4-7-16(12(2)8-11)25-10-14-6-5-13(17(19)20)9-15(14)22(24)18(23)21-3/h4-9,17,24H,10H2,1-3H3,(H,21,23). The second kappa shape index (κ2) is 7.94. The molecular weight excluding hydrogens is 330 g/mol. The van der Waals surface area contributed by atoms with Gasteiger partial charge < -0.3 is 10.1 Å². The van der Waals surface area contributed by atoms with Gasteiger partial charge in [-0.2, -0.15) is 5.06 Å². The number of amides is 2. The molecule has 0 aromatic heterocycles. The highest BCUT2D eigenvalue weighted by molar-refractivity contribution is 5.90. The lowest BCUT2D eigenvalue weighted by Gasteiger charge is -2.20. The minimum Gasteiger partial charge on any atom is -0.489 e. The van der Waals surface area contributed by atoms with Crippen molar-refractivity contribution in [1.29, 1.82) is 0 Å². The number of hydrogen-bond donors (Lipinski definition) is 2. The molecule has 0 radical (unpaired) electrons. The lowest BCUT2D eigenvalue weighted by Crippen LogP contribution is -2.36. The Morgan fingerprint density at radius 1 is 1.24 bits per heavy atom. The third kappa shape index (κ3) is 4.45. The average Bonchev–Trinajstić information content (AvgIpc) is 2.59. The van der Waals surface area contributed by atoms with Gasteiger partial charge in [0.2, 0.25) is 0 Å². The van der Waals surface area contributed by atoms with Crippen LogP contribution in [0.2, 0.25) is 0 Å². The van der Waals surface area contributed by atoms with Crippen molar-refractivity contribution < 1.29 is 23.5 Å². The normalized spacial score (nSPS) is 10.7. The van der Waals surface area contributed by atoms with Gasteiger partial charge in [0.15, 0.2) is 0 Å². The maximum atomic E-state index is 12.9. The molecule has 5 nitrogen and oxygen atoms in total. The molecule has 0 aliphatic carbocycles. The minimum absolute atomic E-state index is 0.0107. The van der Waals surface area contributed by atoms with Crippen LogP contribution in [0.15, 0.2) is 36.4 Å². The number of benzene rings is 2. The summed E-state index contributed by atoms with van der Waals surface area (Å²) < 4.78 is 31.6. The zero-order valence-corrected chi connectivity index (χ0v) is 14.2. The number of nitrogens with one attached hydrogen (secondary N) is 1. The van der Waals surface area contributed by atoms with Gasteiger partial charge >= 0.3 is 6.03 Å². The molecule has 7 heteroatoms. The summed E-state index contributed by atoms with van der Waals surface area (Å²) in [6, 6.07) is 8.55. The number of aryl methyl sites for hydroxylation is 2. The summed E-state index contributed by atoms with van der Waals surface area (Å²) in [5.74, 6) is 0.638. The van der Waals surface area contributed by atoms with E-state index in [4.69, 9.17) is 4.74 Å². The van der Waals surface area contributed by atoms with E-state index in [-0.39, 0.29) is 17.9 Å². The third-order valence-electron chi connectivity index (χ3n) is 3.71. The number of carbonyl (C=O) groups excluding carboxylic acids is 1. The molecular formula is C18H20F2N2O3. The van der Waals surface area contributed by atoms with Crippen molar-refractivity contribution in [2.24, 2.45) is 0 Å². The molecule has 0 aliphatic rings. The number of nitrogens with zero attached hydrogens (tertiary/aromatic N) is 1. The first kappa shape index (κ1) is 18.7. The van der Waals surface area contributed by atoms with Crippen LogP contribution in [0.25, 0.3) is 0 Å². The Bertz CT molecular complexity index is 766. The van der Waals surface area contributed by atoms with Crippen LogP contribution in [0.3, 0.4) is 0 Å². The summed E-state index contributed by atoms with van der Waals surface area (Å²) in [5, 5.41) is 12.5. The highest BCUT2D eigenvalue weighted by Crippen LogP contribution is 2.29. The summed E-state index contributed by atoms with van der Waals surface area (Å²) >= 11 is 0. The van der Waals surface area contributed by atoms with Crippen molar-refractivity contribution in [1.82, 2.24) is 5.32 Å². The maximum Gasteiger partial charge on any atom is 0.345 e. The first-order valence-corrected chi connectivity index (χ1v) is 7.65. The molecule has 0 bridgehead atoms. The van der Waals surface area contributed by atoms with Crippen molar-refractivity contribution in [3.8, 4) is 5.75 Å². The summed E-state index contributed by atoms with van der Waals surface area (Å²) in [6.45, 7) is 3.87. The number of carbonyl (C=O) groups is 1. The first-order chi connectivity index (χ1) is 11.8. The number of ether oxygens (including phenoxy) is 1. The lowest BCUT2D eigenvalue weighted by molar-refractivity contribution is 0.151. The van der Waals surface area contributed by atoms with Crippen molar-refractivity contribution in [2.45, 2.75) is 26.9 Å². The number of hydrogen-bond acceptors (Lipinski definition) is 3. The van der Waals surface area contributed by atoms with Gasteiger partial charge in [-0.15, -0.1) is 0 Å². The van der Waals surface area contributed by atoms with E-state index >= 15 is 0 Å². The number of alkyl halides is 2. The van der Waals surface area contributed by atoms with Gasteiger partial charge in [0.05, 0.1) is 5.69 Å². The fourth-order valence-electron chi connectivity index (χ4n) is 2.37. The minimum atomic E-state index is -2.72. The molecule has 25 heavy (non-hydrogen) atoms. The SMILES string of the molecule is CNC(=O)N(O)c1cc(C(F)F)ccc1COc1ccc(C)cc1C. The highest BCUT2D eigenvalue weighted by atomic mass is 19.3. The van der Waals surface area contributed by atoms with Gasteiger partial charge in [-0.05, 0) is 31.5 Å². The molecule has 0 heterocycles. The predicted molar refractivity (Wildman–Crippen MR) is 90.4 cm³/mol. The van der Waals surface area contributed by atoms with Crippen LogP contribution in [0.4, 0.5) is 19.3 Å². The molecule has 0 aliphatic heterocycles. The third-order valence-corrected chi connectivity index (χ3v) is 3.71. The van der Waals surface area contributed by atoms with Gasteiger partial charge in [-0.25, -0.2) is 13.6 Å². The Labute approximate surface area is 144 Å². The Morgan fingerprint density at radius 2 is 1.96 bits per heavy atom. The van der Waals surface area contributed by atoms with Gasteiger partial charge in [0.1, 0.15) is 12.4 Å². The second-order valence-corrected chi connectivity index (χ2v) is 5.61. The lowest BCUT2D eigenvalue weighted by atomic mass is 10.1. The van der Waals surface area contributed by atoms with Crippen LogP contribution in [-0.2, 0) is 6.61 Å². The molecule has 2 rings (SSSR count). The molecule has 0 saturated carbocycles. The van der Waals surface area contributed by atoms with Gasteiger partial charge in [-0.3, -0.25) is 5.21 Å². The highest BCUT2D eigenvalue weighted by Gasteiger charge is 2.19. The Balaban J connectivity index is 2.30. The quantitative estimate of drug-likeness (QED) is 0.622. The molecule has 0 saturated heterocycles. The Hall–Kier alpha value is -2.67. The summed E-state index contributed by atoms with van der Waals surface area (Å²) in [7, 11) is 1.33. The maximum absolute atomic E-state index is 12.9. The van der Waals surface area contributed by atoms with E-state index in [0.29, 0.717) is 16.4 Å². The number of hydroxylamine groups is 1. The monoisotopic (exact) mass is 350 g/mol. The average molecular weight is 350 g/mol. The zero-order valence-electron chi connectivity index (χ0n) is 14.2. The summed E-state index contributed by atoms with van der Waals surface area (Å²) in [4.78, 5) is 11.6. The van der Waals surface area contributed by atoms with Crippen LogP contribution in [0.5, 0.6) is 5.75 Å². The molecule has 0 spiro atoms. The fraction of sp³-hybridized carbons (Fsp3) is 0.278. The molecule has 2 amide bonds. The van der Waals surface area contributed by atoms with E-state index in [2.05, 4.69) is 5.32 Å². The van der Waals surface area contributed by atoms with Crippen LogP contribution in [-0.4, -0.2) is 18.3 Å². The Kier molecular flexibility index (Phi) is 5.93. The smallest absolute Gasteiger partial charge is 0.345 e. The molecule has 2 N–H and O–H groups in total. The van der Waals surface area contributed by atoms with Crippen molar-refractivity contribution in [3.05, 3.63) is 58.7 Å². The molecule has 2 aromatic rings. The predicted octanol–water partition coefficient (Wildman–Crippen LogP) is 4.36. The number of halogens is 2. The number of anilines is 1. The van der Waals surface area contributed by atoms with Crippen molar-refractivity contribution in [3.63, 3.8) is 0 Å². The number of urea groups is 1. The summed E-state index contributed by atoms with van der Waals surface area (Å²) in [5.41, 5.74) is 2.07. The second-order valence-electron chi connectivity index (χ2n) is 5.61. The molecule has 0 fully saturated rings. The van der Waals surface area contributed by atoms with Gasteiger partial charge in [-0.1, -0.05) is 29.8 Å². The summed E-state index contributed by atoms with van der Waals surface area (Å²) in [6.07, 6.45) is -2.72. The molecule has 0 unspecified atom stereocenters. The van der Waals surface area contributed by atoms with Crippen molar-refractivity contribution >= 4 is 11.7 Å². The topological polar surface area (TPSA) is 61.8 Å². The number of rotatable bonds is 5. The molecule has 0 atom stereocenters. The first-order valence-electron chi connectivity index (χ1n) is 7.65. The van der Waals surface area contributed by atoms with Gasteiger partial charge in [0, 0.05) is 18.2 Å². The van der Waals surface area contributed by atoms with Crippen LogP contribution < -0.4 is 15.1 Å². The van der Waals surface area contributed by atoms with Gasteiger partial charge in [0.25, 0.3) is 6.43 Å². The molecule has 2 aromatic carbocycles. The van der Waals surface area contributed by atoms with E-state index in [1.165, 1.54) is 19.2 Å². The zero-order chi connectivity index (χ0) is 18.6. The fourth-order valence-corrected chi connectivity index (χ4v) is 2.37. The van der Waals surface area contributed by atoms with E-state index in [1.54, 1.807) is 0 Å². The van der Waals surface area contributed by atoms with E-state index in [0.717, 1.165) is 17.2 Å². The van der Waals surface area contributed by atoms with Crippen molar-refractivity contribution in [2.75, 3.05) is 12.1 Å². The molecule has 134 valence electrons. The van der Waals surface area contributed by atoms with Crippen LogP contribution >= 0.6 is 0 Å². The largest absolute Gasteiger partial charge is 0.489 e. The van der Waals surface area contributed by atoms with Crippen LogP contribution in [0, 0.1) is 13.8 Å². The van der Waals surface area contributed by atoms with E-state index in [9.17, 15) is 18.8 Å². The van der Waals surface area contributed by atoms with E-state index in [1.807, 2.05) is 32.0 Å². The van der Waals surface area contributed by atoms with Crippen LogP contribution in [0.1, 0.15) is 28.7 Å². The Morgan fingerprint density at radius 3 is 2.56 bits per heavy atom.